The van der Waals surface area contributed by atoms with Crippen LogP contribution in [0.15, 0.2) is 5.16 Å². The van der Waals surface area contributed by atoms with Crippen molar-refractivity contribution >= 4 is 11.8 Å². The molecule has 2 aliphatic rings. The van der Waals surface area contributed by atoms with Crippen LogP contribution >= 0.6 is 0 Å². The number of fused-ring (bicyclic) bond motifs is 2. The molecule has 1 saturated heterocycles. The van der Waals surface area contributed by atoms with Crippen molar-refractivity contribution in [2.45, 2.75) is 45.3 Å². The van der Waals surface area contributed by atoms with E-state index in [2.05, 4.69) is 5.16 Å². The summed E-state index contributed by atoms with van der Waals surface area (Å²) in [6.07, 6.45) is 1.40. The van der Waals surface area contributed by atoms with Gasteiger partial charge >= 0.3 is 6.09 Å². The Hall–Kier alpha value is -1.26. The zero-order valence-electron chi connectivity index (χ0n) is 9.93. The van der Waals surface area contributed by atoms with Crippen molar-refractivity contribution in [2.24, 2.45) is 11.1 Å². The van der Waals surface area contributed by atoms with Gasteiger partial charge < -0.3 is 9.94 Å². The molecule has 0 unspecified atom stereocenters. The number of carbonyl (C=O) groups excluding carboxylic acids is 1. The third kappa shape index (κ3) is 1.99. The Morgan fingerprint density at radius 2 is 2.25 bits per heavy atom. The molecule has 1 saturated carbocycles. The zero-order valence-corrected chi connectivity index (χ0v) is 9.93. The molecule has 1 aliphatic carbocycles. The second-order valence-corrected chi connectivity index (χ2v) is 5.55. The normalized spacial score (nSPS) is 31.2. The topological polar surface area (TPSA) is 62.1 Å². The van der Waals surface area contributed by atoms with Crippen LogP contribution < -0.4 is 0 Å². The summed E-state index contributed by atoms with van der Waals surface area (Å²) in [5.41, 5.74) is 0.234. The van der Waals surface area contributed by atoms with Gasteiger partial charge in [-0.3, -0.25) is 4.90 Å². The molecular weight excluding hydrogens is 208 g/mol. The summed E-state index contributed by atoms with van der Waals surface area (Å²) in [4.78, 5) is 13.6. The van der Waals surface area contributed by atoms with Gasteiger partial charge in [0.15, 0.2) is 0 Å². The molecular formula is C11H18N2O3. The van der Waals surface area contributed by atoms with Gasteiger partial charge in [-0.2, -0.15) is 0 Å². The van der Waals surface area contributed by atoms with Crippen molar-refractivity contribution < 1.29 is 14.7 Å². The van der Waals surface area contributed by atoms with Crippen LogP contribution in [-0.2, 0) is 4.74 Å². The first-order valence-corrected chi connectivity index (χ1v) is 5.61. The third-order valence-electron chi connectivity index (χ3n) is 3.03. The van der Waals surface area contributed by atoms with Crippen molar-refractivity contribution in [3.05, 3.63) is 0 Å². The molecule has 2 fully saturated rings. The Balaban J connectivity index is 2.04. The lowest BCUT2D eigenvalue weighted by Gasteiger charge is -2.30. The molecule has 5 heteroatoms. The van der Waals surface area contributed by atoms with E-state index in [0.717, 1.165) is 19.4 Å². The fourth-order valence-electron chi connectivity index (χ4n) is 2.45. The lowest BCUT2D eigenvalue weighted by atomic mass is 10.1. The van der Waals surface area contributed by atoms with Gasteiger partial charge in [-0.15, -0.1) is 0 Å². The molecule has 2 rings (SSSR count). The van der Waals surface area contributed by atoms with E-state index in [9.17, 15) is 4.79 Å². The standard InChI is InChI=1S/C11H18N2O3/c1-11(2,3)16-10(14)13-6-7-4-8(12-15)9(13)5-7/h7,9,15H,4-6H2,1-3H3/t7-,9-/m0/s1. The minimum atomic E-state index is -0.477. The van der Waals surface area contributed by atoms with E-state index >= 15 is 0 Å². The van der Waals surface area contributed by atoms with Gasteiger partial charge in [0.25, 0.3) is 0 Å². The number of ether oxygens (including phenoxy) is 1. The van der Waals surface area contributed by atoms with Gasteiger partial charge in [-0.05, 0) is 39.5 Å². The monoisotopic (exact) mass is 226 g/mol. The molecule has 0 aromatic carbocycles. The number of nitrogens with zero attached hydrogens (tertiary/aromatic N) is 2. The van der Waals surface area contributed by atoms with Gasteiger partial charge in [-0.25, -0.2) is 4.79 Å². The SMILES string of the molecule is CC(C)(C)OC(=O)N1C[C@H]2CC(=NO)[C@@H]1C2. The highest BCUT2D eigenvalue weighted by Gasteiger charge is 2.46. The van der Waals surface area contributed by atoms with Crippen molar-refractivity contribution in [1.82, 2.24) is 4.90 Å². The molecule has 0 radical (unpaired) electrons. The first kappa shape index (κ1) is 11.2. The van der Waals surface area contributed by atoms with Crippen LogP contribution in [0.3, 0.4) is 0 Å². The average Bonchev–Trinajstić information content (AvgIpc) is 2.72. The Labute approximate surface area is 95.1 Å². The van der Waals surface area contributed by atoms with E-state index in [1.807, 2.05) is 20.8 Å². The molecule has 2 atom stereocenters. The van der Waals surface area contributed by atoms with E-state index in [1.165, 1.54) is 0 Å². The van der Waals surface area contributed by atoms with Crippen LogP contribution in [0.1, 0.15) is 33.6 Å². The van der Waals surface area contributed by atoms with Crippen LogP contribution in [0.2, 0.25) is 0 Å². The highest BCUT2D eigenvalue weighted by atomic mass is 16.6. The predicted molar refractivity (Wildman–Crippen MR) is 58.7 cm³/mol. The van der Waals surface area contributed by atoms with Gasteiger partial charge in [0.2, 0.25) is 0 Å². The molecule has 0 aromatic heterocycles. The van der Waals surface area contributed by atoms with Crippen LogP contribution in [0.4, 0.5) is 4.79 Å². The summed E-state index contributed by atoms with van der Waals surface area (Å²) in [6.45, 7) is 6.26. The molecule has 1 aliphatic heterocycles. The van der Waals surface area contributed by atoms with Crippen LogP contribution in [-0.4, -0.2) is 40.1 Å². The molecule has 16 heavy (non-hydrogen) atoms. The molecule has 2 bridgehead atoms. The lowest BCUT2D eigenvalue weighted by molar-refractivity contribution is 0.0248. The van der Waals surface area contributed by atoms with E-state index in [0.29, 0.717) is 11.6 Å². The Bertz CT molecular complexity index is 333. The molecule has 0 spiro atoms. The number of amides is 1. The van der Waals surface area contributed by atoms with Gasteiger partial charge in [0, 0.05) is 6.54 Å². The molecule has 1 N–H and O–H groups in total. The fourth-order valence-corrected chi connectivity index (χ4v) is 2.45. The average molecular weight is 226 g/mol. The fraction of sp³-hybridized carbons (Fsp3) is 0.818. The maximum atomic E-state index is 11.9. The Kier molecular flexibility index (Phi) is 2.56. The maximum Gasteiger partial charge on any atom is 0.410 e. The highest BCUT2D eigenvalue weighted by molar-refractivity contribution is 5.95. The van der Waals surface area contributed by atoms with Crippen LogP contribution in [0, 0.1) is 5.92 Å². The van der Waals surface area contributed by atoms with Crippen LogP contribution in [0.5, 0.6) is 0 Å². The number of hydrogen-bond donors (Lipinski definition) is 1. The summed E-state index contributed by atoms with van der Waals surface area (Å²) >= 11 is 0. The van der Waals surface area contributed by atoms with Crippen molar-refractivity contribution in [3.8, 4) is 0 Å². The number of oxime groups is 1. The molecule has 0 aromatic rings. The number of rotatable bonds is 0. The Morgan fingerprint density at radius 1 is 1.56 bits per heavy atom. The van der Waals surface area contributed by atoms with Crippen molar-refractivity contribution in [1.29, 1.82) is 0 Å². The van der Waals surface area contributed by atoms with E-state index in [4.69, 9.17) is 9.94 Å². The second kappa shape index (κ2) is 3.64. The second-order valence-electron chi connectivity index (χ2n) is 5.55. The highest BCUT2D eigenvalue weighted by Crippen LogP contribution is 2.36. The Morgan fingerprint density at radius 3 is 2.75 bits per heavy atom. The minimum Gasteiger partial charge on any atom is -0.444 e. The lowest BCUT2D eigenvalue weighted by Crippen LogP contribution is -2.45. The van der Waals surface area contributed by atoms with Gasteiger partial charge in [0.1, 0.15) is 5.60 Å². The number of hydrogen-bond acceptors (Lipinski definition) is 4. The third-order valence-corrected chi connectivity index (χ3v) is 3.03. The first-order valence-electron chi connectivity index (χ1n) is 5.61. The van der Waals surface area contributed by atoms with E-state index in [-0.39, 0.29) is 12.1 Å². The predicted octanol–water partition coefficient (Wildman–Crippen LogP) is 1.85. The smallest absolute Gasteiger partial charge is 0.410 e. The summed E-state index contributed by atoms with van der Waals surface area (Å²) in [7, 11) is 0. The van der Waals surface area contributed by atoms with Crippen LogP contribution in [0.25, 0.3) is 0 Å². The molecule has 5 nitrogen and oxygen atoms in total. The van der Waals surface area contributed by atoms with E-state index < -0.39 is 5.60 Å². The maximum absolute atomic E-state index is 11.9. The summed E-state index contributed by atoms with van der Waals surface area (Å²) in [5.74, 6) is 0.434. The quantitative estimate of drug-likeness (QED) is 0.506. The number of likely N-dealkylation sites (tertiary alicyclic amines) is 1. The molecule has 90 valence electrons. The largest absolute Gasteiger partial charge is 0.444 e. The van der Waals surface area contributed by atoms with E-state index in [1.54, 1.807) is 4.90 Å². The van der Waals surface area contributed by atoms with Crippen molar-refractivity contribution in [2.75, 3.05) is 6.54 Å². The molecule has 1 heterocycles. The first-order chi connectivity index (χ1) is 7.40. The summed E-state index contributed by atoms with van der Waals surface area (Å²) in [5, 5.41) is 12.1. The van der Waals surface area contributed by atoms with Crippen molar-refractivity contribution in [3.63, 3.8) is 0 Å². The summed E-state index contributed by atoms with van der Waals surface area (Å²) < 4.78 is 5.32. The van der Waals surface area contributed by atoms with Gasteiger partial charge in [0.05, 0.1) is 11.8 Å². The summed E-state index contributed by atoms with van der Waals surface area (Å²) in [6, 6.07) is -0.0511. The number of carbonyl (C=O) groups is 1. The molecule has 1 amide bonds. The number of piperidine rings is 1. The minimum absolute atomic E-state index is 0.0511. The zero-order chi connectivity index (χ0) is 11.9. The van der Waals surface area contributed by atoms with Gasteiger partial charge in [-0.1, -0.05) is 5.16 Å².